The Hall–Kier alpha value is -3.88. The van der Waals surface area contributed by atoms with Gasteiger partial charge in [-0.15, -0.1) is 0 Å². The van der Waals surface area contributed by atoms with Crippen LogP contribution in [0, 0.1) is 19.7 Å². The van der Waals surface area contributed by atoms with Crippen LogP contribution < -0.4 is 10.1 Å². The number of aryl methyl sites for hydroxylation is 4. The predicted molar refractivity (Wildman–Crippen MR) is 180 cm³/mol. The summed E-state index contributed by atoms with van der Waals surface area (Å²) in [6, 6.07) is 14.3. The number of nitrogens with one attached hydrogen (secondary N) is 1. The van der Waals surface area contributed by atoms with Crippen LogP contribution in [0.25, 0.3) is 32.8 Å². The van der Waals surface area contributed by atoms with Crippen LogP contribution in [-0.2, 0) is 24.8 Å². The largest absolute Gasteiger partial charge is 0.493 e. The van der Waals surface area contributed by atoms with Gasteiger partial charge in [-0.2, -0.15) is 5.10 Å². The maximum absolute atomic E-state index is 14.0. The molecule has 5 rings (SSSR count). The number of hydrogen-bond donors (Lipinski definition) is 1. The van der Waals surface area contributed by atoms with E-state index in [-0.39, 0.29) is 11.8 Å². The average Bonchev–Trinajstić information content (AvgIpc) is 3.42. The monoisotopic (exact) mass is 632 g/mol. The number of nitrogens with zero attached hydrogens (tertiary/aromatic N) is 3. The van der Waals surface area contributed by atoms with Gasteiger partial charge in [0.05, 0.1) is 22.8 Å². The lowest BCUT2D eigenvalue weighted by Gasteiger charge is -2.21. The number of rotatable bonds is 11. The lowest BCUT2D eigenvalue weighted by atomic mass is 9.98. The molecule has 2 aromatic heterocycles. The molecule has 0 unspecified atom stereocenters. The fourth-order valence-electron chi connectivity index (χ4n) is 6.10. The summed E-state index contributed by atoms with van der Waals surface area (Å²) in [5.74, 6) is 0.0550. The van der Waals surface area contributed by atoms with Gasteiger partial charge in [-0.05, 0) is 109 Å². The van der Waals surface area contributed by atoms with Gasteiger partial charge in [0.15, 0.2) is 0 Å². The van der Waals surface area contributed by atoms with Gasteiger partial charge in [-0.1, -0.05) is 29.8 Å². The first-order valence-corrected chi connectivity index (χ1v) is 15.8. The smallest absolute Gasteiger partial charge is 0.355 e. The number of hydrogen-bond acceptors (Lipinski definition) is 5. The summed E-state index contributed by atoms with van der Waals surface area (Å²) in [5, 5.41) is 11.1. The molecule has 0 fully saturated rings. The van der Waals surface area contributed by atoms with E-state index in [1.54, 1.807) is 6.07 Å². The summed E-state index contributed by atoms with van der Waals surface area (Å²) in [6.45, 7) is 11.5. The number of fused-ring (bicyclic) bond motifs is 2. The van der Waals surface area contributed by atoms with Crippen LogP contribution in [-0.4, -0.2) is 46.1 Å². The second-order valence-corrected chi connectivity index (χ2v) is 12.9. The highest BCUT2D eigenvalue weighted by Crippen LogP contribution is 2.42. The van der Waals surface area contributed by atoms with Gasteiger partial charge in [0.1, 0.15) is 22.9 Å². The Labute approximate surface area is 269 Å². The fourth-order valence-corrected chi connectivity index (χ4v) is 6.35. The third kappa shape index (κ3) is 6.72. The van der Waals surface area contributed by atoms with Crippen LogP contribution in [0.5, 0.6) is 5.75 Å². The molecule has 5 aromatic rings. The molecule has 238 valence electrons. The molecule has 0 spiro atoms. The minimum absolute atomic E-state index is 0.281. The van der Waals surface area contributed by atoms with E-state index < -0.39 is 5.60 Å². The Morgan fingerprint density at radius 1 is 1.04 bits per heavy atom. The van der Waals surface area contributed by atoms with Crippen molar-refractivity contribution in [1.82, 2.24) is 19.7 Å². The molecule has 0 atom stereocenters. The molecule has 0 aliphatic carbocycles. The molecule has 0 radical (unpaired) electrons. The van der Waals surface area contributed by atoms with Crippen molar-refractivity contribution in [2.75, 3.05) is 20.2 Å². The van der Waals surface area contributed by atoms with Gasteiger partial charge < -0.3 is 19.4 Å². The third-order valence-corrected chi connectivity index (χ3v) is 8.38. The van der Waals surface area contributed by atoms with E-state index in [1.165, 1.54) is 12.1 Å². The summed E-state index contributed by atoms with van der Waals surface area (Å²) in [5.41, 5.74) is 5.39. The summed E-state index contributed by atoms with van der Waals surface area (Å²) in [4.78, 5) is 14.0. The molecule has 0 amide bonds. The van der Waals surface area contributed by atoms with Crippen molar-refractivity contribution in [3.05, 3.63) is 82.0 Å². The highest BCUT2D eigenvalue weighted by molar-refractivity contribution is 6.35. The van der Waals surface area contributed by atoms with Crippen molar-refractivity contribution >= 4 is 39.2 Å². The first-order chi connectivity index (χ1) is 21.4. The van der Waals surface area contributed by atoms with Crippen LogP contribution in [0.4, 0.5) is 4.39 Å². The zero-order valence-electron chi connectivity index (χ0n) is 27.2. The second kappa shape index (κ2) is 13.2. The minimum Gasteiger partial charge on any atom is -0.493 e. The first-order valence-electron chi connectivity index (χ1n) is 15.4. The lowest BCUT2D eigenvalue weighted by molar-refractivity contribution is 0.00566. The van der Waals surface area contributed by atoms with Crippen molar-refractivity contribution in [3.63, 3.8) is 0 Å². The minimum atomic E-state index is -0.672. The Bertz CT molecular complexity index is 1870. The molecule has 0 saturated carbocycles. The SMILES string of the molecule is CNCCCn1c(C(=O)OC(C)(C)C)c(CCCOc2cccc3cc(F)ccc23)c2ccc(Cl)c(-c3c(C)nn(C)c3C)c21. The number of carbonyl (C=O) groups is 1. The van der Waals surface area contributed by atoms with Crippen molar-refractivity contribution in [2.45, 2.75) is 66.0 Å². The molecular formula is C36H42ClFN4O3. The quantitative estimate of drug-likeness (QED) is 0.117. The molecule has 0 aliphatic rings. The molecule has 7 nitrogen and oxygen atoms in total. The molecule has 45 heavy (non-hydrogen) atoms. The van der Waals surface area contributed by atoms with Gasteiger partial charge in [0, 0.05) is 41.2 Å². The highest BCUT2D eigenvalue weighted by atomic mass is 35.5. The van der Waals surface area contributed by atoms with Gasteiger partial charge in [0.2, 0.25) is 0 Å². The van der Waals surface area contributed by atoms with E-state index in [0.29, 0.717) is 42.5 Å². The van der Waals surface area contributed by atoms with Gasteiger partial charge >= 0.3 is 5.97 Å². The van der Waals surface area contributed by atoms with E-state index >= 15 is 0 Å². The van der Waals surface area contributed by atoms with E-state index in [9.17, 15) is 9.18 Å². The standard InChI is InChI=1S/C36H42ClFN4O3/c1-22-31(23(2)41(7)40-22)32-29(37)17-16-28-27(12-9-20-44-30-13-8-11-24-21-25(38)14-15-26(24)30)34(35(43)45-36(3,4)5)42(33(28)32)19-10-18-39-6/h8,11,13-17,21,39H,9-10,12,18-20H2,1-7H3. The van der Waals surface area contributed by atoms with Gasteiger partial charge in [-0.3, -0.25) is 4.68 Å². The Morgan fingerprint density at radius 3 is 2.49 bits per heavy atom. The average molecular weight is 633 g/mol. The maximum Gasteiger partial charge on any atom is 0.355 e. The number of carbonyl (C=O) groups excluding carboxylic acids is 1. The third-order valence-electron chi connectivity index (χ3n) is 8.07. The predicted octanol–water partition coefficient (Wildman–Crippen LogP) is 8.18. The van der Waals surface area contributed by atoms with Crippen LogP contribution in [0.2, 0.25) is 5.02 Å². The van der Waals surface area contributed by atoms with Crippen molar-refractivity contribution < 1.29 is 18.7 Å². The topological polar surface area (TPSA) is 70.3 Å². The maximum atomic E-state index is 14.0. The van der Waals surface area contributed by atoms with E-state index in [2.05, 4.69) is 15.0 Å². The molecule has 0 bridgehead atoms. The van der Waals surface area contributed by atoms with E-state index in [4.69, 9.17) is 21.1 Å². The van der Waals surface area contributed by atoms with E-state index in [0.717, 1.165) is 62.7 Å². The van der Waals surface area contributed by atoms with Crippen molar-refractivity contribution in [3.8, 4) is 16.9 Å². The zero-order valence-corrected chi connectivity index (χ0v) is 27.9. The number of halogens is 2. The molecular weight excluding hydrogens is 591 g/mol. The van der Waals surface area contributed by atoms with Gasteiger partial charge in [0.25, 0.3) is 0 Å². The Kier molecular flexibility index (Phi) is 9.56. The summed E-state index contributed by atoms with van der Waals surface area (Å²) >= 11 is 7.00. The molecule has 0 saturated heterocycles. The second-order valence-electron chi connectivity index (χ2n) is 12.5. The highest BCUT2D eigenvalue weighted by Gasteiger charge is 2.30. The van der Waals surface area contributed by atoms with Gasteiger partial charge in [-0.25, -0.2) is 9.18 Å². The summed E-state index contributed by atoms with van der Waals surface area (Å²) in [7, 11) is 3.85. The molecule has 0 aliphatic heterocycles. The number of esters is 1. The van der Waals surface area contributed by atoms with Crippen molar-refractivity contribution in [2.24, 2.45) is 7.05 Å². The van der Waals surface area contributed by atoms with Crippen LogP contribution in [0.1, 0.15) is 61.1 Å². The lowest BCUT2D eigenvalue weighted by Crippen LogP contribution is -2.26. The van der Waals surface area contributed by atoms with E-state index in [1.807, 2.05) is 83.7 Å². The van der Waals surface area contributed by atoms with Crippen molar-refractivity contribution in [1.29, 1.82) is 0 Å². The zero-order chi connectivity index (χ0) is 32.5. The summed E-state index contributed by atoms with van der Waals surface area (Å²) in [6.07, 6.45) is 2.03. The molecule has 3 aromatic carbocycles. The molecule has 2 heterocycles. The first kappa shape index (κ1) is 32.5. The fraction of sp³-hybridized carbons (Fsp3) is 0.389. The Morgan fingerprint density at radius 2 is 1.80 bits per heavy atom. The number of benzene rings is 3. The summed E-state index contributed by atoms with van der Waals surface area (Å²) < 4.78 is 30.0. The number of ether oxygens (including phenoxy) is 2. The number of aromatic nitrogens is 3. The molecule has 1 N–H and O–H groups in total. The normalized spacial score (nSPS) is 11.9. The Balaban J connectivity index is 1.61. The van der Waals surface area contributed by atoms with Crippen LogP contribution in [0.3, 0.4) is 0 Å². The van der Waals surface area contributed by atoms with Crippen LogP contribution in [0.15, 0.2) is 48.5 Å². The molecule has 9 heteroatoms. The van der Waals surface area contributed by atoms with Crippen LogP contribution >= 0.6 is 11.6 Å².